The van der Waals surface area contributed by atoms with Crippen LogP contribution in [-0.2, 0) is 16.6 Å². The first-order valence-electron chi connectivity index (χ1n) is 7.89. The third-order valence-corrected chi connectivity index (χ3v) is 8.31. The lowest BCUT2D eigenvalue weighted by atomic mass is 10.2. The second-order valence-electron chi connectivity index (χ2n) is 5.82. The van der Waals surface area contributed by atoms with Crippen LogP contribution >= 0.6 is 35.0 Å². The van der Waals surface area contributed by atoms with Gasteiger partial charge in [0.25, 0.3) is 0 Å². The van der Waals surface area contributed by atoms with E-state index in [1.165, 1.54) is 4.31 Å². The molecule has 1 aromatic carbocycles. The van der Waals surface area contributed by atoms with E-state index >= 15 is 0 Å². The predicted molar refractivity (Wildman–Crippen MR) is 103 cm³/mol. The van der Waals surface area contributed by atoms with Crippen molar-refractivity contribution in [3.8, 4) is 0 Å². The van der Waals surface area contributed by atoms with Crippen molar-refractivity contribution in [2.75, 3.05) is 12.3 Å². The van der Waals surface area contributed by atoms with Crippen LogP contribution < -0.4 is 0 Å². The maximum Gasteiger partial charge on any atom is 0.248 e. The summed E-state index contributed by atoms with van der Waals surface area (Å²) in [4.78, 5) is 0.298. The molecule has 2 heterocycles. The van der Waals surface area contributed by atoms with E-state index in [2.05, 4.69) is 5.10 Å². The van der Waals surface area contributed by atoms with E-state index in [9.17, 15) is 8.42 Å². The van der Waals surface area contributed by atoms with Gasteiger partial charge in [-0.25, -0.2) is 8.42 Å². The molecule has 1 saturated heterocycles. The number of hydrogen-bond donors (Lipinski definition) is 0. The molecule has 0 aliphatic carbocycles. The van der Waals surface area contributed by atoms with Gasteiger partial charge in [-0.05, 0) is 38.5 Å². The number of rotatable bonds is 4. The van der Waals surface area contributed by atoms with Crippen molar-refractivity contribution in [2.24, 2.45) is 0 Å². The van der Waals surface area contributed by atoms with Crippen molar-refractivity contribution in [2.45, 2.75) is 37.6 Å². The molecule has 0 radical (unpaired) electrons. The average molecular weight is 420 g/mol. The van der Waals surface area contributed by atoms with Crippen molar-refractivity contribution in [1.29, 1.82) is 0 Å². The minimum absolute atomic E-state index is 0.298. The van der Waals surface area contributed by atoms with Crippen LogP contribution in [0.15, 0.2) is 23.1 Å². The van der Waals surface area contributed by atoms with Gasteiger partial charge in [-0.3, -0.25) is 4.68 Å². The maximum atomic E-state index is 13.4. The highest BCUT2D eigenvalue weighted by Gasteiger charge is 2.40. The summed E-state index contributed by atoms with van der Waals surface area (Å²) in [6.07, 6.45) is 0. The van der Waals surface area contributed by atoms with E-state index in [4.69, 9.17) is 23.2 Å². The van der Waals surface area contributed by atoms with E-state index in [-0.39, 0.29) is 5.37 Å². The molecule has 1 unspecified atom stereocenters. The molecule has 1 fully saturated rings. The topological polar surface area (TPSA) is 55.2 Å². The van der Waals surface area contributed by atoms with Crippen molar-refractivity contribution in [3.05, 3.63) is 45.2 Å². The summed E-state index contributed by atoms with van der Waals surface area (Å²) in [5.41, 5.74) is 1.95. The van der Waals surface area contributed by atoms with E-state index in [0.717, 1.165) is 5.56 Å². The SMILES string of the molecule is CCn1nc(C)c(S(=O)(=O)N2CCSC2c2ccc(Cl)cc2Cl)c1C. The fourth-order valence-corrected chi connectivity index (χ4v) is 7.35. The minimum Gasteiger partial charge on any atom is -0.268 e. The Balaban J connectivity index is 2.06. The molecule has 5 nitrogen and oxygen atoms in total. The Morgan fingerprint density at radius 3 is 2.64 bits per heavy atom. The fourth-order valence-electron chi connectivity index (χ4n) is 3.13. The Hall–Kier alpha value is -0.730. The highest BCUT2D eigenvalue weighted by Crippen LogP contribution is 2.44. The van der Waals surface area contributed by atoms with Gasteiger partial charge >= 0.3 is 0 Å². The molecule has 1 aliphatic rings. The maximum absolute atomic E-state index is 13.4. The Bertz CT molecular complexity index is 912. The lowest BCUT2D eigenvalue weighted by Crippen LogP contribution is -2.31. The summed E-state index contributed by atoms with van der Waals surface area (Å²) in [5, 5.41) is 5.00. The smallest absolute Gasteiger partial charge is 0.248 e. The second-order valence-corrected chi connectivity index (χ2v) is 9.68. The molecule has 1 aromatic heterocycles. The summed E-state index contributed by atoms with van der Waals surface area (Å²) in [7, 11) is -3.68. The molecule has 0 spiro atoms. The summed E-state index contributed by atoms with van der Waals surface area (Å²) in [5.74, 6) is 0.711. The average Bonchev–Trinajstić information content (AvgIpc) is 3.12. The van der Waals surface area contributed by atoms with Crippen LogP contribution in [0.25, 0.3) is 0 Å². The third kappa shape index (κ3) is 3.32. The zero-order valence-electron chi connectivity index (χ0n) is 14.2. The van der Waals surface area contributed by atoms with Gasteiger partial charge in [-0.1, -0.05) is 29.3 Å². The van der Waals surface area contributed by atoms with Gasteiger partial charge in [0.15, 0.2) is 0 Å². The summed E-state index contributed by atoms with van der Waals surface area (Å²) in [6.45, 7) is 6.54. The van der Waals surface area contributed by atoms with Crippen LogP contribution in [0.3, 0.4) is 0 Å². The lowest BCUT2D eigenvalue weighted by molar-refractivity contribution is 0.433. The van der Waals surface area contributed by atoms with Crippen LogP contribution in [0.5, 0.6) is 0 Å². The fraction of sp³-hybridized carbons (Fsp3) is 0.438. The van der Waals surface area contributed by atoms with E-state index in [1.54, 1.807) is 48.5 Å². The Morgan fingerprint density at radius 1 is 1.32 bits per heavy atom. The molecule has 136 valence electrons. The van der Waals surface area contributed by atoms with Crippen LogP contribution in [0.4, 0.5) is 0 Å². The van der Waals surface area contributed by atoms with Crippen molar-refractivity contribution < 1.29 is 8.42 Å². The Labute approximate surface area is 162 Å². The molecule has 0 bridgehead atoms. The van der Waals surface area contributed by atoms with E-state index in [0.29, 0.717) is 45.2 Å². The first-order chi connectivity index (χ1) is 11.8. The number of sulfonamides is 1. The van der Waals surface area contributed by atoms with Gasteiger partial charge in [-0.2, -0.15) is 9.40 Å². The number of aromatic nitrogens is 2. The molecule has 3 rings (SSSR count). The molecular formula is C16H19Cl2N3O2S2. The van der Waals surface area contributed by atoms with Crippen molar-refractivity contribution in [1.82, 2.24) is 14.1 Å². The lowest BCUT2D eigenvalue weighted by Gasteiger charge is -2.24. The van der Waals surface area contributed by atoms with Gasteiger partial charge in [0.05, 0.1) is 16.8 Å². The van der Waals surface area contributed by atoms with Crippen LogP contribution in [0, 0.1) is 13.8 Å². The molecule has 2 aromatic rings. The molecule has 25 heavy (non-hydrogen) atoms. The monoisotopic (exact) mass is 419 g/mol. The van der Waals surface area contributed by atoms with Crippen molar-refractivity contribution >= 4 is 45.0 Å². The summed E-state index contributed by atoms with van der Waals surface area (Å²) < 4.78 is 30.0. The van der Waals surface area contributed by atoms with Gasteiger partial charge in [0, 0.05) is 28.9 Å². The highest BCUT2D eigenvalue weighted by molar-refractivity contribution is 8.01. The van der Waals surface area contributed by atoms with Gasteiger partial charge in [0.2, 0.25) is 10.0 Å². The normalized spacial score (nSPS) is 18.8. The number of nitrogens with zero attached hydrogens (tertiary/aromatic N) is 3. The summed E-state index contributed by atoms with van der Waals surface area (Å²) >= 11 is 13.9. The number of halogens is 2. The number of hydrogen-bond acceptors (Lipinski definition) is 4. The molecule has 1 atom stereocenters. The minimum atomic E-state index is -3.68. The standard InChI is InChI=1S/C16H19Cl2N3O2S2/c1-4-20-11(3)15(10(2)19-20)25(22,23)21-7-8-24-16(21)13-6-5-12(17)9-14(13)18/h5-6,9,16H,4,7-8H2,1-3H3. The first-order valence-corrected chi connectivity index (χ1v) is 11.1. The van der Waals surface area contributed by atoms with E-state index in [1.807, 2.05) is 6.92 Å². The predicted octanol–water partition coefficient (Wildman–Crippen LogP) is 4.26. The van der Waals surface area contributed by atoms with Gasteiger partial charge in [-0.15, -0.1) is 11.8 Å². The van der Waals surface area contributed by atoms with Crippen LogP contribution in [-0.4, -0.2) is 34.8 Å². The molecule has 9 heteroatoms. The van der Waals surface area contributed by atoms with Gasteiger partial charge in [0.1, 0.15) is 4.90 Å². The van der Waals surface area contributed by atoms with Crippen molar-refractivity contribution in [3.63, 3.8) is 0 Å². The van der Waals surface area contributed by atoms with E-state index < -0.39 is 10.0 Å². The second kappa shape index (κ2) is 7.12. The number of aryl methyl sites for hydroxylation is 2. The highest BCUT2D eigenvalue weighted by atomic mass is 35.5. The molecule has 1 aliphatic heterocycles. The molecule has 0 amide bonds. The third-order valence-electron chi connectivity index (χ3n) is 4.26. The first kappa shape index (κ1) is 19.0. The molecule has 0 N–H and O–H groups in total. The number of thioether (sulfide) groups is 1. The number of benzene rings is 1. The van der Waals surface area contributed by atoms with Crippen LogP contribution in [0.2, 0.25) is 10.0 Å². The zero-order chi connectivity index (χ0) is 18.4. The summed E-state index contributed by atoms with van der Waals surface area (Å²) in [6, 6.07) is 5.18. The molecular weight excluding hydrogens is 401 g/mol. The largest absolute Gasteiger partial charge is 0.268 e. The van der Waals surface area contributed by atoms with Gasteiger partial charge < -0.3 is 0 Å². The Morgan fingerprint density at radius 2 is 2.04 bits per heavy atom. The zero-order valence-corrected chi connectivity index (χ0v) is 17.3. The van der Waals surface area contributed by atoms with Crippen LogP contribution in [0.1, 0.15) is 29.2 Å². The Kier molecular flexibility index (Phi) is 5.42. The molecule has 0 saturated carbocycles. The quantitative estimate of drug-likeness (QED) is 0.742.